The molecule has 0 saturated carbocycles. The highest BCUT2D eigenvalue weighted by atomic mass is 16.2. The van der Waals surface area contributed by atoms with Crippen molar-refractivity contribution in [3.05, 3.63) is 114 Å². The average Bonchev–Trinajstić information content (AvgIpc) is 3.36. The number of pyridine rings is 1. The smallest absolute Gasteiger partial charge is 0.273 e. The second kappa shape index (κ2) is 11.1. The van der Waals surface area contributed by atoms with Crippen molar-refractivity contribution in [1.82, 2.24) is 20.1 Å². The molecule has 190 valence electrons. The molecule has 5 aromatic rings. The molecule has 2 aromatic heterocycles. The molecule has 0 fully saturated rings. The number of anilines is 1. The van der Waals surface area contributed by atoms with Crippen LogP contribution < -0.4 is 10.6 Å². The number of fused-ring (bicyclic) bond motifs is 1. The lowest BCUT2D eigenvalue weighted by Gasteiger charge is -2.11. The van der Waals surface area contributed by atoms with Crippen molar-refractivity contribution in [2.75, 3.05) is 11.9 Å². The van der Waals surface area contributed by atoms with Gasteiger partial charge in [-0.1, -0.05) is 78.4 Å². The Morgan fingerprint density at radius 3 is 2.39 bits per heavy atom. The Balaban J connectivity index is 1.41. The van der Waals surface area contributed by atoms with Crippen LogP contribution in [0.5, 0.6) is 0 Å². The fraction of sp³-hybridized carbons (Fsp3) is 0.161. The highest BCUT2D eigenvalue weighted by Crippen LogP contribution is 2.26. The van der Waals surface area contributed by atoms with Gasteiger partial charge >= 0.3 is 0 Å². The molecule has 0 unspecified atom stereocenters. The van der Waals surface area contributed by atoms with Gasteiger partial charge in [0.2, 0.25) is 0 Å². The van der Waals surface area contributed by atoms with E-state index in [9.17, 15) is 9.59 Å². The molecule has 0 bridgehead atoms. The van der Waals surface area contributed by atoms with Crippen molar-refractivity contribution < 1.29 is 9.59 Å². The van der Waals surface area contributed by atoms with Crippen LogP contribution in [0.25, 0.3) is 22.2 Å². The topological polar surface area (TPSA) is 88.9 Å². The minimum absolute atomic E-state index is 0.186. The summed E-state index contributed by atoms with van der Waals surface area (Å²) in [7, 11) is 0. The monoisotopic (exact) mass is 503 g/mol. The first-order valence-corrected chi connectivity index (χ1v) is 12.7. The third-order valence-corrected chi connectivity index (χ3v) is 6.40. The van der Waals surface area contributed by atoms with Crippen LogP contribution in [-0.4, -0.2) is 33.1 Å². The summed E-state index contributed by atoms with van der Waals surface area (Å²) >= 11 is 0. The standard InChI is InChI=1S/C31H29N5O2/c1-3-36-20-28(29(35-36)31(38)32-18-17-22-9-5-4-6-10-22)34-30(37)25-19-27(23-15-13-21(2)14-16-23)33-26-12-8-7-11-24(25)26/h4-16,19-20H,3,17-18H2,1-2H3,(H,32,38)(H,34,37). The lowest BCUT2D eigenvalue weighted by molar-refractivity contribution is 0.0949. The Kier molecular flexibility index (Phi) is 7.26. The molecule has 2 amide bonds. The number of para-hydroxylation sites is 1. The Morgan fingerprint density at radius 2 is 1.63 bits per heavy atom. The van der Waals surface area contributed by atoms with E-state index in [0.717, 1.165) is 27.6 Å². The first-order valence-electron chi connectivity index (χ1n) is 12.7. The molecule has 0 spiro atoms. The van der Waals surface area contributed by atoms with E-state index >= 15 is 0 Å². The molecule has 2 heterocycles. The van der Waals surface area contributed by atoms with E-state index in [-0.39, 0.29) is 17.5 Å². The van der Waals surface area contributed by atoms with E-state index in [4.69, 9.17) is 4.98 Å². The van der Waals surface area contributed by atoms with Gasteiger partial charge in [-0.15, -0.1) is 0 Å². The largest absolute Gasteiger partial charge is 0.350 e. The van der Waals surface area contributed by atoms with Crippen LogP contribution in [0.2, 0.25) is 0 Å². The van der Waals surface area contributed by atoms with Crippen LogP contribution in [0.15, 0.2) is 91.1 Å². The zero-order valence-corrected chi connectivity index (χ0v) is 21.4. The lowest BCUT2D eigenvalue weighted by atomic mass is 10.0. The minimum Gasteiger partial charge on any atom is -0.350 e. The molecular weight excluding hydrogens is 474 g/mol. The Bertz CT molecular complexity index is 1590. The molecule has 3 aromatic carbocycles. The second-order valence-electron chi connectivity index (χ2n) is 9.13. The van der Waals surface area contributed by atoms with Gasteiger partial charge in [-0.2, -0.15) is 5.10 Å². The fourth-order valence-corrected chi connectivity index (χ4v) is 4.32. The number of rotatable bonds is 8. The van der Waals surface area contributed by atoms with Crippen LogP contribution in [0, 0.1) is 6.92 Å². The normalized spacial score (nSPS) is 10.9. The van der Waals surface area contributed by atoms with Gasteiger partial charge in [0, 0.05) is 30.2 Å². The molecule has 5 rings (SSSR count). The Hall–Kier alpha value is -4.78. The molecular formula is C31H29N5O2. The first-order chi connectivity index (χ1) is 18.5. The molecule has 38 heavy (non-hydrogen) atoms. The third-order valence-electron chi connectivity index (χ3n) is 6.40. The van der Waals surface area contributed by atoms with Crippen molar-refractivity contribution in [3.63, 3.8) is 0 Å². The maximum absolute atomic E-state index is 13.6. The fourth-order valence-electron chi connectivity index (χ4n) is 4.32. The zero-order valence-electron chi connectivity index (χ0n) is 21.4. The predicted octanol–water partition coefficient (Wildman–Crippen LogP) is 5.65. The van der Waals surface area contributed by atoms with Gasteiger partial charge in [-0.3, -0.25) is 14.3 Å². The summed E-state index contributed by atoms with van der Waals surface area (Å²) in [6.45, 7) is 4.99. The van der Waals surface area contributed by atoms with E-state index in [1.54, 1.807) is 16.9 Å². The first kappa shape index (κ1) is 24.9. The van der Waals surface area contributed by atoms with Gasteiger partial charge in [0.25, 0.3) is 11.8 Å². The van der Waals surface area contributed by atoms with Gasteiger partial charge in [0.1, 0.15) is 0 Å². The minimum atomic E-state index is -0.330. The molecule has 0 atom stereocenters. The number of carbonyl (C=O) groups is 2. The quantitative estimate of drug-likeness (QED) is 0.286. The van der Waals surface area contributed by atoms with Crippen LogP contribution >= 0.6 is 0 Å². The van der Waals surface area contributed by atoms with E-state index in [2.05, 4.69) is 15.7 Å². The van der Waals surface area contributed by atoms with Crippen molar-refractivity contribution in [3.8, 4) is 11.3 Å². The number of hydrogen-bond acceptors (Lipinski definition) is 4. The van der Waals surface area contributed by atoms with Crippen molar-refractivity contribution in [2.45, 2.75) is 26.8 Å². The number of carbonyl (C=O) groups excluding carboxylic acids is 2. The molecule has 2 N–H and O–H groups in total. The van der Waals surface area contributed by atoms with Crippen molar-refractivity contribution >= 4 is 28.4 Å². The van der Waals surface area contributed by atoms with Crippen LogP contribution in [0.3, 0.4) is 0 Å². The van der Waals surface area contributed by atoms with Crippen molar-refractivity contribution in [2.24, 2.45) is 0 Å². The molecule has 0 aliphatic rings. The van der Waals surface area contributed by atoms with E-state index in [0.29, 0.717) is 36.5 Å². The van der Waals surface area contributed by atoms with Crippen LogP contribution in [-0.2, 0) is 13.0 Å². The summed E-state index contributed by atoms with van der Waals surface area (Å²) in [6.07, 6.45) is 2.39. The molecule has 0 radical (unpaired) electrons. The van der Waals surface area contributed by atoms with E-state index in [1.807, 2.05) is 92.7 Å². The third kappa shape index (κ3) is 5.47. The van der Waals surface area contributed by atoms with Gasteiger partial charge in [-0.25, -0.2) is 4.98 Å². The zero-order chi connectivity index (χ0) is 26.5. The van der Waals surface area contributed by atoms with Crippen LogP contribution in [0.4, 0.5) is 5.69 Å². The molecule has 0 aliphatic carbocycles. The van der Waals surface area contributed by atoms with Gasteiger partial charge in [-0.05, 0) is 38.0 Å². The summed E-state index contributed by atoms with van der Waals surface area (Å²) < 4.78 is 1.64. The summed E-state index contributed by atoms with van der Waals surface area (Å²) in [4.78, 5) is 31.4. The summed E-state index contributed by atoms with van der Waals surface area (Å²) in [6, 6.07) is 27.3. The second-order valence-corrected chi connectivity index (χ2v) is 9.13. The molecule has 0 aliphatic heterocycles. The number of benzene rings is 3. The number of aromatic nitrogens is 3. The average molecular weight is 504 g/mol. The van der Waals surface area contributed by atoms with Crippen molar-refractivity contribution in [1.29, 1.82) is 0 Å². The summed E-state index contributed by atoms with van der Waals surface area (Å²) in [5.41, 5.74) is 5.66. The summed E-state index contributed by atoms with van der Waals surface area (Å²) in [5, 5.41) is 11.0. The number of nitrogens with zero attached hydrogens (tertiary/aromatic N) is 3. The van der Waals surface area contributed by atoms with E-state index in [1.165, 1.54) is 0 Å². The maximum atomic E-state index is 13.6. The van der Waals surface area contributed by atoms with E-state index < -0.39 is 0 Å². The SMILES string of the molecule is CCn1cc(NC(=O)c2cc(-c3ccc(C)cc3)nc3ccccc23)c(C(=O)NCCc2ccccc2)n1. The number of amides is 2. The van der Waals surface area contributed by atoms with Crippen LogP contribution in [0.1, 0.15) is 38.9 Å². The number of aryl methyl sites for hydroxylation is 2. The molecule has 0 saturated heterocycles. The van der Waals surface area contributed by atoms with Gasteiger partial charge in [0.05, 0.1) is 22.5 Å². The Morgan fingerprint density at radius 1 is 0.895 bits per heavy atom. The molecule has 7 heteroatoms. The number of hydrogen-bond donors (Lipinski definition) is 2. The predicted molar refractivity (Wildman–Crippen MR) is 150 cm³/mol. The summed E-state index contributed by atoms with van der Waals surface area (Å²) in [5.74, 6) is -0.658. The molecule has 7 nitrogen and oxygen atoms in total. The Labute approximate surface area is 221 Å². The van der Waals surface area contributed by atoms with Gasteiger partial charge < -0.3 is 10.6 Å². The maximum Gasteiger partial charge on any atom is 0.273 e. The lowest BCUT2D eigenvalue weighted by Crippen LogP contribution is -2.27. The number of nitrogens with one attached hydrogen (secondary N) is 2. The highest BCUT2D eigenvalue weighted by molar-refractivity contribution is 6.14. The highest BCUT2D eigenvalue weighted by Gasteiger charge is 2.21. The van der Waals surface area contributed by atoms with Gasteiger partial charge in [0.15, 0.2) is 5.69 Å².